The lowest BCUT2D eigenvalue weighted by Gasteiger charge is -1.98. The highest BCUT2D eigenvalue weighted by Crippen LogP contribution is 2.17. The lowest BCUT2D eigenvalue weighted by Crippen LogP contribution is -1.97. The molecule has 0 aliphatic heterocycles. The minimum absolute atomic E-state index is 0.491. The molecule has 9 heavy (non-hydrogen) atoms. The summed E-state index contributed by atoms with van der Waals surface area (Å²) in [5.41, 5.74) is 0. The van der Waals surface area contributed by atoms with Gasteiger partial charge in [-0.25, -0.2) is 4.98 Å². The second-order valence-corrected chi connectivity index (χ2v) is 3.05. The molecule has 1 aromatic heterocycles. The van der Waals surface area contributed by atoms with E-state index in [9.17, 15) is 0 Å². The Hall–Kier alpha value is 0.01000. The highest BCUT2D eigenvalue weighted by molar-refractivity contribution is 7.11. The van der Waals surface area contributed by atoms with Gasteiger partial charge < -0.3 is 4.74 Å². The molecule has 1 rings (SSSR count). The SMILES string of the molecule is ClC(Cl)Oc1nccs1. The summed E-state index contributed by atoms with van der Waals surface area (Å²) in [4.78, 5) is 3.78. The molecule has 0 amide bonds. The highest BCUT2D eigenvalue weighted by atomic mass is 35.5. The maximum atomic E-state index is 5.28. The largest absolute Gasteiger partial charge is 0.436 e. The van der Waals surface area contributed by atoms with E-state index >= 15 is 0 Å². The quantitative estimate of drug-likeness (QED) is 0.657. The van der Waals surface area contributed by atoms with Crippen molar-refractivity contribution < 1.29 is 4.74 Å². The first kappa shape index (κ1) is 7.12. The van der Waals surface area contributed by atoms with Crippen LogP contribution < -0.4 is 4.74 Å². The Morgan fingerprint density at radius 3 is 2.89 bits per heavy atom. The van der Waals surface area contributed by atoms with Crippen molar-refractivity contribution in [3.63, 3.8) is 0 Å². The van der Waals surface area contributed by atoms with Crippen molar-refractivity contribution in [1.82, 2.24) is 4.98 Å². The molecule has 0 saturated heterocycles. The number of aromatic nitrogens is 1. The molecule has 2 nitrogen and oxygen atoms in total. The van der Waals surface area contributed by atoms with E-state index in [0.717, 1.165) is 0 Å². The first-order valence-electron chi connectivity index (χ1n) is 2.13. The van der Waals surface area contributed by atoms with Crippen LogP contribution in [-0.2, 0) is 0 Å². The first-order valence-corrected chi connectivity index (χ1v) is 3.88. The van der Waals surface area contributed by atoms with Gasteiger partial charge in [0, 0.05) is 11.6 Å². The molecular weight excluding hydrogens is 181 g/mol. The minimum Gasteiger partial charge on any atom is -0.436 e. The van der Waals surface area contributed by atoms with Crippen LogP contribution in [0.2, 0.25) is 0 Å². The van der Waals surface area contributed by atoms with Crippen molar-refractivity contribution >= 4 is 34.5 Å². The fourth-order valence-corrected chi connectivity index (χ4v) is 1.13. The van der Waals surface area contributed by atoms with Gasteiger partial charge in [0.05, 0.1) is 0 Å². The molecule has 0 bridgehead atoms. The standard InChI is InChI=1S/C4H3Cl2NOS/c5-3(6)8-4-7-1-2-9-4/h1-3H. The van der Waals surface area contributed by atoms with Crippen LogP contribution in [0.5, 0.6) is 5.19 Å². The number of hydrogen-bond donors (Lipinski definition) is 0. The Balaban J connectivity index is 2.48. The number of ether oxygens (including phenoxy) is 1. The molecule has 0 spiro atoms. The van der Waals surface area contributed by atoms with Gasteiger partial charge in [-0.15, -0.1) is 0 Å². The number of thiazole rings is 1. The highest BCUT2D eigenvalue weighted by Gasteiger charge is 2.00. The minimum atomic E-state index is -0.823. The lowest BCUT2D eigenvalue weighted by atomic mass is 11.0. The van der Waals surface area contributed by atoms with Gasteiger partial charge in [0.1, 0.15) is 0 Å². The van der Waals surface area contributed by atoms with Crippen LogP contribution >= 0.6 is 34.5 Å². The Morgan fingerprint density at radius 1 is 1.67 bits per heavy atom. The number of alkyl halides is 2. The number of hydrogen-bond acceptors (Lipinski definition) is 3. The average Bonchev–Trinajstić information content (AvgIpc) is 2.15. The summed E-state index contributed by atoms with van der Waals surface area (Å²) in [5, 5.41) is 1.45. The maximum Gasteiger partial charge on any atom is 0.275 e. The Labute approximate surface area is 66.4 Å². The van der Waals surface area contributed by atoms with Crippen molar-refractivity contribution in [3.05, 3.63) is 11.6 Å². The summed E-state index contributed by atoms with van der Waals surface area (Å²) in [5.74, 6) is 0. The number of nitrogens with zero attached hydrogens (tertiary/aromatic N) is 1. The van der Waals surface area contributed by atoms with Crippen molar-refractivity contribution in [2.75, 3.05) is 0 Å². The van der Waals surface area contributed by atoms with Crippen LogP contribution in [0.4, 0.5) is 0 Å². The van der Waals surface area contributed by atoms with Gasteiger partial charge in [-0.1, -0.05) is 34.5 Å². The smallest absolute Gasteiger partial charge is 0.275 e. The Morgan fingerprint density at radius 2 is 2.44 bits per heavy atom. The zero-order valence-electron chi connectivity index (χ0n) is 4.25. The van der Waals surface area contributed by atoms with Gasteiger partial charge in [0.25, 0.3) is 10.2 Å². The summed E-state index contributed by atoms with van der Waals surface area (Å²) < 4.78 is 4.79. The van der Waals surface area contributed by atoms with Crippen LogP contribution in [0.3, 0.4) is 0 Å². The van der Waals surface area contributed by atoms with Gasteiger partial charge in [-0.2, -0.15) is 0 Å². The normalized spacial score (nSPS) is 10.1. The summed E-state index contributed by atoms with van der Waals surface area (Å²) in [6.07, 6.45) is 1.62. The first-order chi connectivity index (χ1) is 4.29. The van der Waals surface area contributed by atoms with Crippen LogP contribution in [0.1, 0.15) is 0 Å². The Bertz CT molecular complexity index is 165. The molecule has 0 atom stereocenters. The molecule has 0 N–H and O–H groups in total. The molecule has 0 aliphatic rings. The van der Waals surface area contributed by atoms with E-state index in [2.05, 4.69) is 4.98 Å². The summed E-state index contributed by atoms with van der Waals surface area (Å²) in [6, 6.07) is 0. The van der Waals surface area contributed by atoms with E-state index < -0.39 is 5.02 Å². The molecule has 0 aromatic carbocycles. The monoisotopic (exact) mass is 183 g/mol. The van der Waals surface area contributed by atoms with E-state index in [0.29, 0.717) is 5.19 Å². The van der Waals surface area contributed by atoms with Crippen molar-refractivity contribution in [2.24, 2.45) is 0 Å². The molecule has 0 fully saturated rings. The van der Waals surface area contributed by atoms with E-state index in [-0.39, 0.29) is 0 Å². The average molecular weight is 184 g/mol. The van der Waals surface area contributed by atoms with Gasteiger partial charge in [-0.3, -0.25) is 0 Å². The fraction of sp³-hybridized carbons (Fsp3) is 0.250. The van der Waals surface area contributed by atoms with Crippen molar-refractivity contribution in [1.29, 1.82) is 0 Å². The third-order valence-corrected chi connectivity index (χ3v) is 1.44. The van der Waals surface area contributed by atoms with Crippen molar-refractivity contribution in [2.45, 2.75) is 5.02 Å². The predicted octanol–water partition coefficient (Wildman–Crippen LogP) is 2.28. The van der Waals surface area contributed by atoms with Crippen LogP contribution in [0, 0.1) is 0 Å². The van der Waals surface area contributed by atoms with Gasteiger partial charge >= 0.3 is 0 Å². The molecule has 0 saturated carbocycles. The molecule has 0 radical (unpaired) electrons. The van der Waals surface area contributed by atoms with Gasteiger partial charge in [0.2, 0.25) is 0 Å². The third kappa shape index (κ3) is 2.39. The second kappa shape index (κ2) is 3.25. The fourth-order valence-electron chi connectivity index (χ4n) is 0.345. The summed E-state index contributed by atoms with van der Waals surface area (Å²) in [6.45, 7) is 0. The molecule has 0 unspecified atom stereocenters. The van der Waals surface area contributed by atoms with Crippen molar-refractivity contribution in [3.8, 4) is 5.19 Å². The maximum absolute atomic E-state index is 5.28. The summed E-state index contributed by atoms with van der Waals surface area (Å²) >= 11 is 11.9. The zero-order chi connectivity index (χ0) is 6.69. The predicted molar refractivity (Wildman–Crippen MR) is 38.2 cm³/mol. The van der Waals surface area contributed by atoms with Gasteiger partial charge in [0.15, 0.2) is 0 Å². The third-order valence-electron chi connectivity index (χ3n) is 0.600. The van der Waals surface area contributed by atoms with Crippen LogP contribution in [0.15, 0.2) is 11.6 Å². The molecule has 50 valence electrons. The topological polar surface area (TPSA) is 22.1 Å². The lowest BCUT2D eigenvalue weighted by molar-refractivity contribution is 0.352. The second-order valence-electron chi connectivity index (χ2n) is 1.18. The number of rotatable bonds is 2. The zero-order valence-corrected chi connectivity index (χ0v) is 6.58. The van der Waals surface area contributed by atoms with E-state index in [1.165, 1.54) is 11.3 Å². The Kier molecular flexibility index (Phi) is 2.57. The number of halogens is 2. The molecular formula is C4H3Cl2NOS. The van der Waals surface area contributed by atoms with Crippen LogP contribution in [-0.4, -0.2) is 10.0 Å². The molecule has 5 heteroatoms. The van der Waals surface area contributed by atoms with E-state index in [4.69, 9.17) is 27.9 Å². The van der Waals surface area contributed by atoms with Crippen LogP contribution in [0.25, 0.3) is 0 Å². The molecule has 0 aliphatic carbocycles. The molecule has 1 aromatic rings. The van der Waals surface area contributed by atoms with E-state index in [1.807, 2.05) is 0 Å². The molecule has 1 heterocycles. The van der Waals surface area contributed by atoms with Gasteiger partial charge in [-0.05, 0) is 0 Å². The summed E-state index contributed by atoms with van der Waals surface area (Å²) in [7, 11) is 0. The van der Waals surface area contributed by atoms with E-state index in [1.54, 1.807) is 11.6 Å².